The molecule has 0 saturated heterocycles. The molecule has 0 heterocycles. The Bertz CT molecular complexity index is 659. The molecule has 0 aromatic carbocycles. The summed E-state index contributed by atoms with van der Waals surface area (Å²) in [5, 5.41) is 11.3. The van der Waals surface area contributed by atoms with E-state index < -0.39 is 0 Å². The van der Waals surface area contributed by atoms with E-state index in [2.05, 4.69) is 48.5 Å². The molecule has 4 saturated carbocycles. The molecule has 0 amide bonds. The van der Waals surface area contributed by atoms with Gasteiger partial charge in [-0.25, -0.2) is 0 Å². The second-order valence-electron chi connectivity index (χ2n) is 14.2. The Morgan fingerprint density at radius 1 is 0.909 bits per heavy atom. The molecular formula is C31H56O2. The number of aliphatic hydroxyl groups is 1. The van der Waals surface area contributed by atoms with Crippen molar-refractivity contribution in [2.24, 2.45) is 64.1 Å². The average molecular weight is 461 g/mol. The number of hydrogen-bond donors (Lipinski definition) is 1. The van der Waals surface area contributed by atoms with Crippen LogP contribution in [0.15, 0.2) is 0 Å². The van der Waals surface area contributed by atoms with Crippen LogP contribution in [-0.2, 0) is 4.74 Å². The summed E-state index contributed by atoms with van der Waals surface area (Å²) in [5.41, 5.74) is 0.886. The van der Waals surface area contributed by atoms with Crippen LogP contribution in [0.3, 0.4) is 0 Å². The Morgan fingerprint density at radius 2 is 1.58 bits per heavy atom. The van der Waals surface area contributed by atoms with Gasteiger partial charge in [-0.15, -0.1) is 0 Å². The first kappa shape index (κ1) is 26.0. The zero-order valence-corrected chi connectivity index (χ0v) is 23.3. The first-order chi connectivity index (χ1) is 15.6. The van der Waals surface area contributed by atoms with Gasteiger partial charge in [0.1, 0.15) is 0 Å². The van der Waals surface area contributed by atoms with Crippen molar-refractivity contribution in [3.63, 3.8) is 0 Å². The summed E-state index contributed by atoms with van der Waals surface area (Å²) >= 11 is 0. The Hall–Kier alpha value is -0.0800. The first-order valence-corrected chi connectivity index (χ1v) is 14.8. The van der Waals surface area contributed by atoms with Crippen molar-refractivity contribution in [3.8, 4) is 0 Å². The largest absolute Gasteiger partial charge is 0.393 e. The van der Waals surface area contributed by atoms with Gasteiger partial charge >= 0.3 is 0 Å². The molecule has 4 fully saturated rings. The maximum Gasteiger partial charge on any atom is 0.0607 e. The lowest BCUT2D eigenvalue weighted by atomic mass is 9.43. The van der Waals surface area contributed by atoms with Crippen LogP contribution in [0, 0.1) is 64.1 Å². The lowest BCUT2D eigenvalue weighted by Gasteiger charge is -2.63. The predicted octanol–water partition coefficient (Wildman–Crippen LogP) is 7.98. The zero-order valence-electron chi connectivity index (χ0n) is 23.3. The minimum Gasteiger partial charge on any atom is -0.393 e. The van der Waals surface area contributed by atoms with Gasteiger partial charge in [-0.05, 0) is 115 Å². The van der Waals surface area contributed by atoms with E-state index >= 15 is 0 Å². The van der Waals surface area contributed by atoms with Gasteiger partial charge < -0.3 is 9.84 Å². The molecule has 0 aromatic heterocycles. The number of aliphatic hydroxyl groups excluding tert-OH is 1. The normalized spacial score (nSPS) is 48.0. The molecule has 4 aliphatic rings. The molecule has 1 N–H and O–H groups in total. The third kappa shape index (κ3) is 4.36. The summed E-state index contributed by atoms with van der Waals surface area (Å²) in [5.74, 6) is 6.59. The van der Waals surface area contributed by atoms with Crippen molar-refractivity contribution in [2.75, 3.05) is 7.11 Å². The van der Waals surface area contributed by atoms with E-state index in [1.807, 2.05) is 7.11 Å². The second kappa shape index (κ2) is 9.76. The highest BCUT2D eigenvalue weighted by Gasteiger charge is 2.62. The van der Waals surface area contributed by atoms with Gasteiger partial charge in [-0.1, -0.05) is 61.3 Å². The van der Waals surface area contributed by atoms with Crippen molar-refractivity contribution < 1.29 is 9.84 Å². The van der Waals surface area contributed by atoms with E-state index in [0.29, 0.717) is 40.6 Å². The first-order valence-electron chi connectivity index (χ1n) is 14.8. The van der Waals surface area contributed by atoms with E-state index in [4.69, 9.17) is 4.74 Å². The third-order valence-corrected chi connectivity index (χ3v) is 12.5. The number of ether oxygens (including phenoxy) is 1. The van der Waals surface area contributed by atoms with Gasteiger partial charge in [-0.2, -0.15) is 0 Å². The van der Waals surface area contributed by atoms with E-state index in [9.17, 15) is 5.11 Å². The lowest BCUT2D eigenvalue weighted by molar-refractivity contribution is -0.174. The standard InChI is InChI=1S/C31H56O2/c1-9-22(19(2)3)17-28(32)21(5)24-10-11-25-23-18-29(33-8)27-16-20(4)12-14-31(27,7)26(23)13-15-30(24,25)6/h19-29,32H,9-18H2,1-8H3/t20-,21+,22-,23?,24?,25?,26?,27?,28-,29-,30-,31-/m1/s1. The number of methoxy groups -OCH3 is 1. The van der Waals surface area contributed by atoms with Crippen molar-refractivity contribution in [2.45, 2.75) is 125 Å². The maximum atomic E-state index is 11.3. The number of hydrogen-bond acceptors (Lipinski definition) is 2. The minimum absolute atomic E-state index is 0.143. The van der Waals surface area contributed by atoms with Crippen LogP contribution in [0.4, 0.5) is 0 Å². The Balaban J connectivity index is 1.53. The fourth-order valence-corrected chi connectivity index (χ4v) is 10.3. The van der Waals surface area contributed by atoms with E-state index in [-0.39, 0.29) is 6.10 Å². The summed E-state index contributed by atoms with van der Waals surface area (Å²) in [6.45, 7) is 17.1. The molecule has 2 nitrogen and oxygen atoms in total. The van der Waals surface area contributed by atoms with Crippen LogP contribution >= 0.6 is 0 Å². The van der Waals surface area contributed by atoms with Crippen molar-refractivity contribution in [1.82, 2.24) is 0 Å². The molecule has 192 valence electrons. The molecule has 0 aliphatic heterocycles. The van der Waals surface area contributed by atoms with Crippen molar-refractivity contribution >= 4 is 0 Å². The zero-order chi connectivity index (χ0) is 24.1. The van der Waals surface area contributed by atoms with E-state index in [1.165, 1.54) is 57.8 Å². The molecule has 5 unspecified atom stereocenters. The van der Waals surface area contributed by atoms with E-state index in [0.717, 1.165) is 36.0 Å². The average Bonchev–Trinajstić information content (AvgIpc) is 3.13. The van der Waals surface area contributed by atoms with Crippen LogP contribution in [0.25, 0.3) is 0 Å². The van der Waals surface area contributed by atoms with Crippen LogP contribution in [-0.4, -0.2) is 24.4 Å². The Morgan fingerprint density at radius 3 is 2.21 bits per heavy atom. The molecule has 4 rings (SSSR count). The van der Waals surface area contributed by atoms with Crippen LogP contribution in [0.5, 0.6) is 0 Å². The van der Waals surface area contributed by atoms with Gasteiger partial charge in [0.2, 0.25) is 0 Å². The predicted molar refractivity (Wildman–Crippen MR) is 139 cm³/mol. The summed E-state index contributed by atoms with van der Waals surface area (Å²) in [4.78, 5) is 0. The Kier molecular flexibility index (Phi) is 7.69. The van der Waals surface area contributed by atoms with Gasteiger partial charge in [-0.3, -0.25) is 0 Å². The molecule has 0 bridgehead atoms. The molecule has 2 heteroatoms. The fraction of sp³-hybridized carbons (Fsp3) is 1.00. The quantitative estimate of drug-likeness (QED) is 0.417. The lowest BCUT2D eigenvalue weighted by Crippen LogP contribution is -2.58. The summed E-state index contributed by atoms with van der Waals surface area (Å²) in [6.07, 6.45) is 13.5. The monoisotopic (exact) mass is 460 g/mol. The highest BCUT2D eigenvalue weighted by molar-refractivity contribution is 5.11. The van der Waals surface area contributed by atoms with Gasteiger partial charge in [0.25, 0.3) is 0 Å². The number of fused-ring (bicyclic) bond motifs is 5. The van der Waals surface area contributed by atoms with Crippen LogP contribution < -0.4 is 0 Å². The smallest absolute Gasteiger partial charge is 0.0607 e. The van der Waals surface area contributed by atoms with Crippen molar-refractivity contribution in [3.05, 3.63) is 0 Å². The maximum absolute atomic E-state index is 11.3. The topological polar surface area (TPSA) is 29.5 Å². The van der Waals surface area contributed by atoms with Crippen molar-refractivity contribution in [1.29, 1.82) is 0 Å². The number of rotatable bonds is 7. The minimum atomic E-state index is -0.143. The second-order valence-corrected chi connectivity index (χ2v) is 14.2. The molecule has 33 heavy (non-hydrogen) atoms. The fourth-order valence-electron chi connectivity index (χ4n) is 10.3. The summed E-state index contributed by atoms with van der Waals surface area (Å²) < 4.78 is 6.26. The van der Waals surface area contributed by atoms with Gasteiger partial charge in [0, 0.05) is 7.11 Å². The Labute approximate surface area is 206 Å². The van der Waals surface area contributed by atoms with Crippen LogP contribution in [0.1, 0.15) is 113 Å². The van der Waals surface area contributed by atoms with Gasteiger partial charge in [0.05, 0.1) is 12.2 Å². The van der Waals surface area contributed by atoms with Crippen LogP contribution in [0.2, 0.25) is 0 Å². The molecular weight excluding hydrogens is 404 g/mol. The molecule has 0 spiro atoms. The summed E-state index contributed by atoms with van der Waals surface area (Å²) in [7, 11) is 1.99. The molecule has 12 atom stereocenters. The molecule has 0 aromatic rings. The van der Waals surface area contributed by atoms with E-state index in [1.54, 1.807) is 0 Å². The third-order valence-electron chi connectivity index (χ3n) is 12.5. The summed E-state index contributed by atoms with van der Waals surface area (Å²) in [6, 6.07) is 0. The molecule has 0 radical (unpaired) electrons. The highest BCUT2D eigenvalue weighted by atomic mass is 16.5. The van der Waals surface area contributed by atoms with Gasteiger partial charge in [0.15, 0.2) is 0 Å². The highest BCUT2D eigenvalue weighted by Crippen LogP contribution is 2.69. The molecule has 4 aliphatic carbocycles. The SMILES string of the molecule is CC[C@H](C[C@@H](O)[C@@H](C)C1CCC2C3C[C@@H](OC)C4C[C@H](C)CC[C@]4(C)C3CC[C@@]21C)C(C)C.